The Labute approximate surface area is 217 Å². The number of rotatable bonds is 11. The van der Waals surface area contributed by atoms with Gasteiger partial charge >= 0.3 is 5.97 Å². The van der Waals surface area contributed by atoms with Crippen LogP contribution in [-0.2, 0) is 16.0 Å². The zero-order valence-electron chi connectivity index (χ0n) is 21.2. The number of benzene rings is 4. The number of fused-ring (bicyclic) bond motifs is 1. The van der Waals surface area contributed by atoms with Crippen LogP contribution in [0.5, 0.6) is 11.5 Å². The van der Waals surface area contributed by atoms with Crippen LogP contribution in [0.1, 0.15) is 29.3 Å². The molecule has 4 aromatic rings. The SMILES string of the molecule is COC(=O)c1ccc(-c2ccc(OCCCOc3ccc4cccc(CCNC(C)=O)c4c3)cc2)cc1. The maximum absolute atomic E-state index is 11.6. The van der Waals surface area contributed by atoms with E-state index in [1.54, 1.807) is 12.1 Å². The molecule has 0 unspecified atom stereocenters. The zero-order valence-corrected chi connectivity index (χ0v) is 21.2. The number of methoxy groups -OCH3 is 1. The number of esters is 1. The van der Waals surface area contributed by atoms with Gasteiger partial charge in [0.2, 0.25) is 5.91 Å². The van der Waals surface area contributed by atoms with Gasteiger partial charge in [0.1, 0.15) is 11.5 Å². The Bertz CT molecular complexity index is 1350. The number of nitrogens with one attached hydrogen (secondary N) is 1. The van der Waals surface area contributed by atoms with Crippen molar-refractivity contribution in [3.05, 3.63) is 96.1 Å². The predicted octanol–water partition coefficient (Wildman–Crippen LogP) is 5.82. The molecule has 190 valence electrons. The number of carbonyl (C=O) groups excluding carboxylic acids is 2. The third kappa shape index (κ3) is 7.10. The molecule has 0 aliphatic heterocycles. The molecule has 0 aromatic heterocycles. The van der Waals surface area contributed by atoms with E-state index in [9.17, 15) is 9.59 Å². The molecule has 4 rings (SSSR count). The monoisotopic (exact) mass is 497 g/mol. The van der Waals surface area contributed by atoms with Crippen LogP contribution in [0.2, 0.25) is 0 Å². The fraction of sp³-hybridized carbons (Fsp3) is 0.226. The summed E-state index contributed by atoms with van der Waals surface area (Å²) in [6.07, 6.45) is 1.52. The molecule has 0 aliphatic rings. The van der Waals surface area contributed by atoms with Crippen molar-refractivity contribution in [3.8, 4) is 22.6 Å². The van der Waals surface area contributed by atoms with Gasteiger partial charge in [-0.25, -0.2) is 4.79 Å². The second-order valence-corrected chi connectivity index (χ2v) is 8.68. The minimum absolute atomic E-state index is 0.0193. The Morgan fingerprint density at radius 2 is 1.43 bits per heavy atom. The second-order valence-electron chi connectivity index (χ2n) is 8.68. The van der Waals surface area contributed by atoms with Crippen molar-refractivity contribution >= 4 is 22.6 Å². The lowest BCUT2D eigenvalue weighted by molar-refractivity contribution is -0.118. The molecule has 0 fully saturated rings. The summed E-state index contributed by atoms with van der Waals surface area (Å²) in [4.78, 5) is 22.8. The summed E-state index contributed by atoms with van der Waals surface area (Å²) in [6, 6.07) is 27.5. The molecule has 0 aliphatic carbocycles. The van der Waals surface area contributed by atoms with Crippen molar-refractivity contribution in [2.24, 2.45) is 0 Å². The van der Waals surface area contributed by atoms with Crippen molar-refractivity contribution in [2.75, 3.05) is 26.9 Å². The molecular weight excluding hydrogens is 466 g/mol. The van der Waals surface area contributed by atoms with Crippen LogP contribution in [0, 0.1) is 0 Å². The van der Waals surface area contributed by atoms with Gasteiger partial charge in [0, 0.05) is 19.9 Å². The van der Waals surface area contributed by atoms with Crippen LogP contribution in [0.4, 0.5) is 0 Å². The summed E-state index contributed by atoms with van der Waals surface area (Å²) < 4.78 is 16.6. The van der Waals surface area contributed by atoms with Crippen LogP contribution in [0.25, 0.3) is 21.9 Å². The Hall–Kier alpha value is -4.32. The largest absolute Gasteiger partial charge is 0.493 e. The normalized spacial score (nSPS) is 10.6. The summed E-state index contributed by atoms with van der Waals surface area (Å²) in [5.41, 5.74) is 3.77. The van der Waals surface area contributed by atoms with E-state index in [4.69, 9.17) is 14.2 Å². The molecule has 6 nitrogen and oxygen atoms in total. The Kier molecular flexibility index (Phi) is 8.76. The Morgan fingerprint density at radius 1 is 0.784 bits per heavy atom. The number of ether oxygens (including phenoxy) is 3. The summed E-state index contributed by atoms with van der Waals surface area (Å²) in [6.45, 7) is 3.23. The Balaban J connectivity index is 1.25. The van der Waals surface area contributed by atoms with E-state index in [-0.39, 0.29) is 11.9 Å². The lowest BCUT2D eigenvalue weighted by atomic mass is 10.0. The molecular formula is C31H31NO5. The standard InChI is InChI=1S/C31H31NO5/c1-22(33)32-18-17-26-6-3-5-25-13-16-29(21-30(25)26)37-20-4-19-36-28-14-11-24(12-15-28)23-7-9-27(10-8-23)31(34)35-2/h3,5-16,21H,4,17-20H2,1-2H3,(H,32,33). The van der Waals surface area contributed by atoms with E-state index >= 15 is 0 Å². The average Bonchev–Trinajstić information content (AvgIpc) is 2.93. The van der Waals surface area contributed by atoms with E-state index in [2.05, 4.69) is 29.6 Å². The maximum Gasteiger partial charge on any atom is 0.337 e. The summed E-state index contributed by atoms with van der Waals surface area (Å²) in [7, 11) is 1.37. The highest BCUT2D eigenvalue weighted by atomic mass is 16.5. The molecule has 0 saturated carbocycles. The lowest BCUT2D eigenvalue weighted by Crippen LogP contribution is -2.22. The van der Waals surface area contributed by atoms with E-state index in [1.807, 2.05) is 48.5 Å². The molecule has 0 atom stereocenters. The Morgan fingerprint density at radius 3 is 2.11 bits per heavy atom. The maximum atomic E-state index is 11.6. The molecule has 0 saturated heterocycles. The first-order chi connectivity index (χ1) is 18.0. The minimum Gasteiger partial charge on any atom is -0.493 e. The van der Waals surface area contributed by atoms with Gasteiger partial charge in [-0.3, -0.25) is 4.79 Å². The highest BCUT2D eigenvalue weighted by Crippen LogP contribution is 2.25. The molecule has 0 radical (unpaired) electrons. The fourth-order valence-electron chi connectivity index (χ4n) is 4.10. The van der Waals surface area contributed by atoms with Gasteiger partial charge in [0.15, 0.2) is 0 Å². The van der Waals surface area contributed by atoms with Crippen molar-refractivity contribution in [3.63, 3.8) is 0 Å². The van der Waals surface area contributed by atoms with Crippen LogP contribution in [-0.4, -0.2) is 38.7 Å². The van der Waals surface area contributed by atoms with Gasteiger partial charge in [0.05, 0.1) is 25.9 Å². The van der Waals surface area contributed by atoms with Gasteiger partial charge < -0.3 is 19.5 Å². The van der Waals surface area contributed by atoms with E-state index < -0.39 is 0 Å². The van der Waals surface area contributed by atoms with Crippen molar-refractivity contribution in [2.45, 2.75) is 19.8 Å². The van der Waals surface area contributed by atoms with E-state index in [1.165, 1.54) is 19.6 Å². The fourth-order valence-corrected chi connectivity index (χ4v) is 4.10. The highest BCUT2D eigenvalue weighted by molar-refractivity contribution is 5.90. The number of carbonyl (C=O) groups is 2. The first-order valence-corrected chi connectivity index (χ1v) is 12.3. The van der Waals surface area contributed by atoms with Gasteiger partial charge in [-0.1, -0.05) is 48.5 Å². The second kappa shape index (κ2) is 12.6. The van der Waals surface area contributed by atoms with Gasteiger partial charge in [-0.05, 0) is 70.3 Å². The first kappa shape index (κ1) is 25.8. The molecule has 1 amide bonds. The quantitative estimate of drug-likeness (QED) is 0.209. The smallest absolute Gasteiger partial charge is 0.337 e. The van der Waals surface area contributed by atoms with Gasteiger partial charge in [-0.15, -0.1) is 0 Å². The van der Waals surface area contributed by atoms with E-state index in [0.29, 0.717) is 25.3 Å². The van der Waals surface area contributed by atoms with Crippen LogP contribution in [0.3, 0.4) is 0 Å². The number of amides is 1. The van der Waals surface area contributed by atoms with Gasteiger partial charge in [0.25, 0.3) is 0 Å². The van der Waals surface area contributed by atoms with Crippen molar-refractivity contribution < 1.29 is 23.8 Å². The topological polar surface area (TPSA) is 73.9 Å². The number of hydrogen-bond donors (Lipinski definition) is 1. The summed E-state index contributed by atoms with van der Waals surface area (Å²) in [5.74, 6) is 1.25. The van der Waals surface area contributed by atoms with Gasteiger partial charge in [-0.2, -0.15) is 0 Å². The minimum atomic E-state index is -0.344. The summed E-state index contributed by atoms with van der Waals surface area (Å²) in [5, 5.41) is 5.15. The number of hydrogen-bond acceptors (Lipinski definition) is 5. The molecule has 4 aromatic carbocycles. The molecule has 0 spiro atoms. The molecule has 0 bridgehead atoms. The zero-order chi connectivity index (χ0) is 26.0. The molecule has 6 heteroatoms. The van der Waals surface area contributed by atoms with E-state index in [0.717, 1.165) is 46.2 Å². The highest BCUT2D eigenvalue weighted by Gasteiger charge is 2.06. The average molecular weight is 498 g/mol. The van der Waals surface area contributed by atoms with Crippen LogP contribution >= 0.6 is 0 Å². The third-order valence-electron chi connectivity index (χ3n) is 6.03. The summed E-state index contributed by atoms with van der Waals surface area (Å²) >= 11 is 0. The third-order valence-corrected chi connectivity index (χ3v) is 6.03. The first-order valence-electron chi connectivity index (χ1n) is 12.3. The van der Waals surface area contributed by atoms with Crippen LogP contribution < -0.4 is 14.8 Å². The predicted molar refractivity (Wildman–Crippen MR) is 145 cm³/mol. The van der Waals surface area contributed by atoms with Crippen LogP contribution in [0.15, 0.2) is 84.9 Å². The molecule has 37 heavy (non-hydrogen) atoms. The molecule has 0 heterocycles. The molecule has 1 N–H and O–H groups in total. The van der Waals surface area contributed by atoms with Crippen molar-refractivity contribution in [1.82, 2.24) is 5.32 Å². The lowest BCUT2D eigenvalue weighted by Gasteiger charge is -2.11. The van der Waals surface area contributed by atoms with Crippen molar-refractivity contribution in [1.29, 1.82) is 0 Å².